The number of hydrogen-bond acceptors (Lipinski definition) is 9. The number of fused-ring (bicyclic) bond motifs is 1. The molecule has 5 heterocycles. The molecule has 1 saturated carbocycles. The van der Waals surface area contributed by atoms with Gasteiger partial charge < -0.3 is 23.9 Å². The van der Waals surface area contributed by atoms with Crippen molar-refractivity contribution < 1.29 is 28.2 Å². The molecular weight excluding hydrogens is 531 g/mol. The predicted molar refractivity (Wildman–Crippen MR) is 142 cm³/mol. The van der Waals surface area contributed by atoms with E-state index in [1.807, 2.05) is 22.8 Å². The second kappa shape index (κ2) is 9.85. The van der Waals surface area contributed by atoms with Crippen LogP contribution in [0.4, 0.5) is 10.2 Å². The minimum atomic E-state index is -1.21. The first-order valence-corrected chi connectivity index (χ1v) is 13.7. The van der Waals surface area contributed by atoms with Gasteiger partial charge in [-0.25, -0.2) is 14.2 Å². The number of nitriles is 1. The second-order valence-corrected chi connectivity index (χ2v) is 11.0. The van der Waals surface area contributed by atoms with Crippen LogP contribution < -0.4 is 9.64 Å². The number of oxazole rings is 1. The van der Waals surface area contributed by atoms with Crippen molar-refractivity contribution in [3.8, 4) is 11.9 Å². The van der Waals surface area contributed by atoms with Crippen molar-refractivity contribution in [2.45, 2.75) is 50.9 Å². The summed E-state index contributed by atoms with van der Waals surface area (Å²) in [7, 11) is 0. The van der Waals surface area contributed by atoms with Crippen LogP contribution >= 0.6 is 0 Å². The van der Waals surface area contributed by atoms with E-state index in [2.05, 4.69) is 14.9 Å². The standard InChI is InChI=1S/C29H27FN6O5/c30-21-12-17(14-31)4-5-18(21)16-40-23-3-1-2-22(32-23)35-9-7-29(8-10-35)13-20(29)25-33-24-27(41-26(34-24)28(37)38)36(25)15-19-6-11-39-19/h1-5,12,19-20H,6-11,13,15-16H2,(H,37,38). The molecule has 3 fully saturated rings. The van der Waals surface area contributed by atoms with Crippen LogP contribution in [0.3, 0.4) is 0 Å². The van der Waals surface area contributed by atoms with E-state index in [-0.39, 0.29) is 35.5 Å². The van der Waals surface area contributed by atoms with E-state index in [1.165, 1.54) is 6.07 Å². The Morgan fingerprint density at radius 3 is 2.76 bits per heavy atom. The fourth-order valence-corrected chi connectivity index (χ4v) is 5.98. The number of carboxylic acids is 1. The SMILES string of the molecule is N#Cc1ccc(COc2cccc(N3CCC4(CC3)CC4c3nc4nc(C(=O)O)oc4n3CC3CCO3)n2)c(F)c1. The van der Waals surface area contributed by atoms with Crippen molar-refractivity contribution in [3.05, 3.63) is 65.1 Å². The molecule has 1 aromatic carbocycles. The van der Waals surface area contributed by atoms with Crippen LogP contribution in [0.15, 0.2) is 40.8 Å². The zero-order valence-corrected chi connectivity index (χ0v) is 22.1. The molecular formula is C29H27FN6O5. The summed E-state index contributed by atoms with van der Waals surface area (Å²) in [4.78, 5) is 27.1. The summed E-state index contributed by atoms with van der Waals surface area (Å²) >= 11 is 0. The highest BCUT2D eigenvalue weighted by Gasteiger charge is 2.58. The largest absolute Gasteiger partial charge is 0.474 e. The number of imidazole rings is 1. The number of nitrogens with zero attached hydrogens (tertiary/aromatic N) is 6. The molecule has 0 radical (unpaired) electrons. The van der Waals surface area contributed by atoms with E-state index < -0.39 is 11.8 Å². The average molecular weight is 559 g/mol. The van der Waals surface area contributed by atoms with Gasteiger partial charge in [0.1, 0.15) is 24.1 Å². The zero-order chi connectivity index (χ0) is 28.1. The zero-order valence-electron chi connectivity index (χ0n) is 22.1. The summed E-state index contributed by atoms with van der Waals surface area (Å²) in [5, 5.41) is 18.2. The Balaban J connectivity index is 1.02. The summed E-state index contributed by atoms with van der Waals surface area (Å²) in [6.07, 6.45) is 3.94. The normalized spacial score (nSPS) is 21.0. The summed E-state index contributed by atoms with van der Waals surface area (Å²) in [5.74, 6) is 0.316. The van der Waals surface area contributed by atoms with Crippen molar-refractivity contribution in [2.24, 2.45) is 5.41 Å². The Kier molecular flexibility index (Phi) is 6.12. The molecule has 1 spiro atoms. The molecule has 2 atom stereocenters. The first-order chi connectivity index (χ1) is 19.9. The number of ether oxygens (including phenoxy) is 2. The minimum absolute atomic E-state index is 0.0169. The molecule has 0 amide bonds. The van der Waals surface area contributed by atoms with Gasteiger partial charge in [0.15, 0.2) is 0 Å². The van der Waals surface area contributed by atoms with Gasteiger partial charge in [-0.15, -0.1) is 0 Å². The molecule has 3 aliphatic rings. The molecule has 1 N–H and O–H groups in total. The molecule has 0 bridgehead atoms. The number of carbonyl (C=O) groups is 1. The van der Waals surface area contributed by atoms with E-state index >= 15 is 0 Å². The number of piperidine rings is 1. The average Bonchev–Trinajstić information content (AvgIpc) is 3.30. The van der Waals surface area contributed by atoms with E-state index in [4.69, 9.17) is 24.1 Å². The summed E-state index contributed by atoms with van der Waals surface area (Å²) in [6, 6.07) is 11.8. The lowest BCUT2D eigenvalue weighted by molar-refractivity contribution is -0.0594. The van der Waals surface area contributed by atoms with E-state index in [1.54, 1.807) is 18.2 Å². The molecule has 3 aromatic heterocycles. The van der Waals surface area contributed by atoms with Crippen LogP contribution in [0.25, 0.3) is 11.4 Å². The number of carboxylic acid groups (broad SMARTS) is 1. The maximum atomic E-state index is 14.2. The third-order valence-corrected chi connectivity index (χ3v) is 8.55. The molecule has 11 nitrogen and oxygen atoms in total. The number of rotatable bonds is 8. The highest BCUT2D eigenvalue weighted by molar-refractivity contribution is 5.85. The molecule has 4 aromatic rings. The first-order valence-electron chi connectivity index (χ1n) is 13.7. The number of pyridine rings is 1. The monoisotopic (exact) mass is 558 g/mol. The summed E-state index contributed by atoms with van der Waals surface area (Å²) in [5.41, 5.74) is 1.47. The number of aromatic carboxylic acids is 1. The predicted octanol–water partition coefficient (Wildman–Crippen LogP) is 4.27. The quantitative estimate of drug-likeness (QED) is 0.333. The van der Waals surface area contributed by atoms with Gasteiger partial charge in [0.2, 0.25) is 17.2 Å². The number of benzene rings is 1. The van der Waals surface area contributed by atoms with Gasteiger partial charge in [-0.3, -0.25) is 4.57 Å². The molecule has 210 valence electrons. The molecule has 12 heteroatoms. The molecule has 2 unspecified atom stereocenters. The van der Waals surface area contributed by atoms with Crippen LogP contribution in [0, 0.1) is 22.6 Å². The lowest BCUT2D eigenvalue weighted by Crippen LogP contribution is -2.36. The van der Waals surface area contributed by atoms with E-state index in [0.29, 0.717) is 29.3 Å². The van der Waals surface area contributed by atoms with Gasteiger partial charge in [0, 0.05) is 37.2 Å². The highest BCUT2D eigenvalue weighted by Crippen LogP contribution is 2.65. The fourth-order valence-electron chi connectivity index (χ4n) is 5.98. The third kappa shape index (κ3) is 4.66. The number of anilines is 1. The number of halogens is 1. The molecule has 1 aliphatic carbocycles. The van der Waals surface area contributed by atoms with E-state index in [0.717, 1.165) is 57.0 Å². The van der Waals surface area contributed by atoms with Gasteiger partial charge in [-0.1, -0.05) is 12.1 Å². The van der Waals surface area contributed by atoms with Crippen molar-refractivity contribution >= 4 is 23.1 Å². The number of hydrogen-bond donors (Lipinski definition) is 1. The van der Waals surface area contributed by atoms with Crippen molar-refractivity contribution in [1.82, 2.24) is 19.5 Å². The first kappa shape index (κ1) is 25.5. The Morgan fingerprint density at radius 1 is 1.22 bits per heavy atom. The Hall–Kier alpha value is -4.50. The van der Waals surface area contributed by atoms with Gasteiger partial charge in [0.05, 0.1) is 24.3 Å². The van der Waals surface area contributed by atoms with Gasteiger partial charge in [-0.05, 0) is 49.3 Å². The summed E-state index contributed by atoms with van der Waals surface area (Å²) in [6.45, 7) is 2.96. The maximum absolute atomic E-state index is 14.2. The Morgan fingerprint density at radius 2 is 2.05 bits per heavy atom. The van der Waals surface area contributed by atoms with Gasteiger partial charge in [-0.2, -0.15) is 15.2 Å². The fraction of sp³-hybridized carbons (Fsp3) is 0.414. The van der Waals surface area contributed by atoms with Crippen LogP contribution in [0.1, 0.15) is 59.2 Å². The molecule has 2 saturated heterocycles. The van der Waals surface area contributed by atoms with Crippen LogP contribution in [-0.4, -0.2) is 56.4 Å². The van der Waals surface area contributed by atoms with Crippen LogP contribution in [0.2, 0.25) is 0 Å². The summed E-state index contributed by atoms with van der Waals surface area (Å²) < 4.78 is 33.2. The Bertz CT molecular complexity index is 1680. The molecule has 2 aliphatic heterocycles. The smallest absolute Gasteiger partial charge is 0.392 e. The van der Waals surface area contributed by atoms with Crippen molar-refractivity contribution in [3.63, 3.8) is 0 Å². The third-order valence-electron chi connectivity index (χ3n) is 8.55. The second-order valence-electron chi connectivity index (χ2n) is 11.0. The lowest BCUT2D eigenvalue weighted by atomic mass is 9.90. The number of aromatic nitrogens is 4. The Labute approximate surface area is 234 Å². The topological polar surface area (TPSA) is 140 Å². The van der Waals surface area contributed by atoms with Crippen molar-refractivity contribution in [1.29, 1.82) is 5.26 Å². The van der Waals surface area contributed by atoms with E-state index in [9.17, 15) is 14.3 Å². The molecule has 7 rings (SSSR count). The van der Waals surface area contributed by atoms with Gasteiger partial charge >= 0.3 is 11.9 Å². The highest BCUT2D eigenvalue weighted by atomic mass is 19.1. The van der Waals surface area contributed by atoms with Gasteiger partial charge in [0.25, 0.3) is 0 Å². The maximum Gasteiger partial charge on any atom is 0.392 e. The minimum Gasteiger partial charge on any atom is -0.474 e. The molecule has 41 heavy (non-hydrogen) atoms. The lowest BCUT2D eigenvalue weighted by Gasteiger charge is -2.34. The van der Waals surface area contributed by atoms with Crippen LogP contribution in [0.5, 0.6) is 5.88 Å². The van der Waals surface area contributed by atoms with Crippen molar-refractivity contribution in [2.75, 3.05) is 24.6 Å². The van der Waals surface area contributed by atoms with Crippen LogP contribution in [-0.2, 0) is 17.9 Å².